The first-order valence-corrected chi connectivity index (χ1v) is 14.8. The molecule has 4 heterocycles. The SMILES string of the molecule is C=CC=O.C=Nc1ccc(-n2cccn2)nc1N(Cc1cccnc1N)c1ccc2c(c1)CCC2CC1CCN(C)CC1. The Balaban J connectivity index is 0.000000868. The highest BCUT2D eigenvalue weighted by atomic mass is 16.1. The van der Waals surface area contributed by atoms with Gasteiger partial charge in [0.2, 0.25) is 0 Å². The molecule has 0 saturated carbocycles. The van der Waals surface area contributed by atoms with E-state index in [1.54, 1.807) is 17.1 Å². The summed E-state index contributed by atoms with van der Waals surface area (Å²) < 4.78 is 1.75. The fourth-order valence-electron chi connectivity index (χ4n) is 6.13. The predicted molar refractivity (Wildman–Crippen MR) is 174 cm³/mol. The van der Waals surface area contributed by atoms with Crippen molar-refractivity contribution >= 4 is 36.0 Å². The summed E-state index contributed by atoms with van der Waals surface area (Å²) in [5.74, 6) is 3.42. The van der Waals surface area contributed by atoms with Crippen molar-refractivity contribution in [3.63, 3.8) is 0 Å². The molecular formula is C34H40N8O. The number of hydrogen-bond acceptors (Lipinski definition) is 8. The average Bonchev–Trinajstić information content (AvgIpc) is 3.72. The van der Waals surface area contributed by atoms with E-state index in [9.17, 15) is 0 Å². The van der Waals surface area contributed by atoms with Crippen LogP contribution in [-0.2, 0) is 17.8 Å². The number of nitrogen functional groups attached to an aromatic ring is 1. The van der Waals surface area contributed by atoms with Crippen molar-refractivity contribution in [2.45, 2.75) is 44.6 Å². The second-order valence-electron chi connectivity index (χ2n) is 11.2. The second-order valence-corrected chi connectivity index (χ2v) is 11.2. The molecule has 0 bridgehead atoms. The molecule has 1 saturated heterocycles. The van der Waals surface area contributed by atoms with Crippen LogP contribution in [0.3, 0.4) is 0 Å². The number of hydrogen-bond donors (Lipinski definition) is 1. The van der Waals surface area contributed by atoms with Gasteiger partial charge >= 0.3 is 0 Å². The minimum atomic E-state index is 0.509. The number of carbonyl (C=O) groups excluding carboxylic acids is 1. The van der Waals surface area contributed by atoms with Crippen LogP contribution >= 0.6 is 0 Å². The Morgan fingerprint density at radius 3 is 2.63 bits per heavy atom. The van der Waals surface area contributed by atoms with E-state index in [2.05, 4.69) is 63.4 Å². The van der Waals surface area contributed by atoms with Gasteiger partial charge in [0.05, 0.1) is 6.54 Å². The standard InChI is InChI=1S/C31H36N8.C3H4O/c1-33-28-10-11-29(39-16-4-15-35-39)36-31(28)38(21-25-5-3-14-34-30(25)32)26-8-9-27-23(6-7-24(27)20-26)19-22-12-17-37(2)18-13-22;1-2-3-4/h3-5,8-11,14-16,20,22-23H,1,6-7,12-13,17-19,21H2,2H3,(H2,32,34);2-3H,1H2. The van der Waals surface area contributed by atoms with Gasteiger partial charge in [-0.25, -0.2) is 14.6 Å². The first-order chi connectivity index (χ1) is 21.0. The highest BCUT2D eigenvalue weighted by Crippen LogP contribution is 2.43. The van der Waals surface area contributed by atoms with E-state index in [0.717, 1.165) is 23.6 Å². The van der Waals surface area contributed by atoms with Crippen LogP contribution < -0.4 is 10.6 Å². The molecule has 222 valence electrons. The second kappa shape index (κ2) is 14.0. The molecule has 2 N–H and O–H groups in total. The molecule has 1 aliphatic heterocycles. The van der Waals surface area contributed by atoms with Gasteiger partial charge in [-0.05, 0) is 124 Å². The van der Waals surface area contributed by atoms with Gasteiger partial charge < -0.3 is 15.5 Å². The lowest BCUT2D eigenvalue weighted by Crippen LogP contribution is -2.30. The van der Waals surface area contributed by atoms with Crippen LogP contribution in [0.25, 0.3) is 5.82 Å². The Hall–Kier alpha value is -4.63. The summed E-state index contributed by atoms with van der Waals surface area (Å²) in [5.41, 5.74) is 11.9. The molecule has 4 aromatic rings. The number of rotatable bonds is 9. The third-order valence-electron chi connectivity index (χ3n) is 8.45. The quantitative estimate of drug-likeness (QED) is 0.147. The van der Waals surface area contributed by atoms with Crippen LogP contribution in [0.4, 0.5) is 23.0 Å². The van der Waals surface area contributed by atoms with Crippen molar-refractivity contribution in [3.05, 3.63) is 96.5 Å². The number of fused-ring (bicyclic) bond motifs is 1. The number of nitrogens with zero attached hydrogens (tertiary/aromatic N) is 7. The number of anilines is 3. The number of piperidine rings is 1. The first kappa shape index (κ1) is 29.8. The predicted octanol–water partition coefficient (Wildman–Crippen LogP) is 6.05. The van der Waals surface area contributed by atoms with Gasteiger partial charge in [0, 0.05) is 29.8 Å². The summed E-state index contributed by atoms with van der Waals surface area (Å²) in [6.07, 6.45) is 13.5. The highest BCUT2D eigenvalue weighted by Gasteiger charge is 2.28. The molecule has 0 radical (unpaired) electrons. The molecule has 1 aliphatic carbocycles. The summed E-state index contributed by atoms with van der Waals surface area (Å²) in [4.78, 5) is 27.3. The topological polar surface area (TPSA) is 106 Å². The number of likely N-dealkylation sites (tertiary alicyclic amines) is 1. The Morgan fingerprint density at radius 1 is 1.12 bits per heavy atom. The molecular weight excluding hydrogens is 536 g/mol. The summed E-state index contributed by atoms with van der Waals surface area (Å²) in [5, 5.41) is 4.38. The molecule has 1 unspecified atom stereocenters. The number of carbonyl (C=O) groups is 1. The number of aromatic nitrogens is 4. The first-order valence-electron chi connectivity index (χ1n) is 14.8. The van der Waals surface area contributed by atoms with E-state index < -0.39 is 0 Å². The van der Waals surface area contributed by atoms with Gasteiger partial charge in [0.1, 0.15) is 17.8 Å². The lowest BCUT2D eigenvalue weighted by Gasteiger charge is -2.30. The smallest absolute Gasteiger partial charge is 0.161 e. The molecule has 0 amide bonds. The maximum absolute atomic E-state index is 9.06. The molecule has 9 heteroatoms. The van der Waals surface area contributed by atoms with Crippen LogP contribution in [0.15, 0.2) is 84.8 Å². The molecule has 43 heavy (non-hydrogen) atoms. The van der Waals surface area contributed by atoms with Crippen LogP contribution in [0, 0.1) is 5.92 Å². The van der Waals surface area contributed by atoms with Crippen molar-refractivity contribution in [1.82, 2.24) is 24.6 Å². The third kappa shape index (κ3) is 7.06. The normalized spacial score (nSPS) is 16.5. The highest BCUT2D eigenvalue weighted by molar-refractivity contribution is 5.74. The molecule has 1 atom stereocenters. The largest absolute Gasteiger partial charge is 0.383 e. The van der Waals surface area contributed by atoms with Crippen molar-refractivity contribution < 1.29 is 4.79 Å². The Labute approximate surface area is 253 Å². The Kier molecular flexibility index (Phi) is 9.73. The number of nitrogens with two attached hydrogens (primary N) is 1. The minimum absolute atomic E-state index is 0.509. The van der Waals surface area contributed by atoms with Gasteiger partial charge in [-0.15, -0.1) is 0 Å². The van der Waals surface area contributed by atoms with Crippen LogP contribution in [0.1, 0.15) is 48.3 Å². The molecule has 2 aliphatic rings. The van der Waals surface area contributed by atoms with E-state index in [0.29, 0.717) is 41.9 Å². The van der Waals surface area contributed by atoms with Crippen LogP contribution in [0.2, 0.25) is 0 Å². The van der Waals surface area contributed by atoms with Crippen LogP contribution in [0.5, 0.6) is 0 Å². The molecule has 1 fully saturated rings. The van der Waals surface area contributed by atoms with E-state index in [1.165, 1.54) is 56.0 Å². The van der Waals surface area contributed by atoms with Crippen LogP contribution in [-0.4, -0.2) is 57.8 Å². The molecule has 1 aromatic carbocycles. The fraction of sp³-hybridized carbons (Fsp3) is 0.324. The zero-order valence-corrected chi connectivity index (χ0v) is 24.8. The molecule has 9 nitrogen and oxygen atoms in total. The summed E-state index contributed by atoms with van der Waals surface area (Å²) in [6, 6.07) is 16.6. The number of allylic oxidation sites excluding steroid dienone is 1. The van der Waals surface area contributed by atoms with Crippen molar-refractivity contribution in [2.24, 2.45) is 10.9 Å². The van der Waals surface area contributed by atoms with Gasteiger partial charge in [-0.3, -0.25) is 9.79 Å². The van der Waals surface area contributed by atoms with Crippen molar-refractivity contribution in [2.75, 3.05) is 30.8 Å². The monoisotopic (exact) mass is 576 g/mol. The number of aldehydes is 1. The Morgan fingerprint density at radius 2 is 1.93 bits per heavy atom. The maximum atomic E-state index is 9.06. The fourth-order valence-corrected chi connectivity index (χ4v) is 6.13. The van der Waals surface area contributed by atoms with Crippen molar-refractivity contribution in [3.8, 4) is 5.82 Å². The third-order valence-corrected chi connectivity index (χ3v) is 8.45. The summed E-state index contributed by atoms with van der Waals surface area (Å²) >= 11 is 0. The van der Waals surface area contributed by atoms with E-state index in [4.69, 9.17) is 15.5 Å². The van der Waals surface area contributed by atoms with Gasteiger partial charge in [-0.2, -0.15) is 5.10 Å². The lowest BCUT2D eigenvalue weighted by molar-refractivity contribution is -0.104. The summed E-state index contributed by atoms with van der Waals surface area (Å²) in [7, 11) is 2.24. The molecule has 0 spiro atoms. The Bertz CT molecular complexity index is 1540. The van der Waals surface area contributed by atoms with Crippen molar-refractivity contribution in [1.29, 1.82) is 0 Å². The van der Waals surface area contributed by atoms with E-state index >= 15 is 0 Å². The number of aryl methyl sites for hydroxylation is 1. The average molecular weight is 577 g/mol. The minimum Gasteiger partial charge on any atom is -0.383 e. The van der Waals surface area contributed by atoms with Gasteiger partial charge in [0.15, 0.2) is 11.6 Å². The molecule has 3 aromatic heterocycles. The number of aliphatic imine (C=N–C) groups is 1. The number of pyridine rings is 2. The lowest BCUT2D eigenvalue weighted by atomic mass is 9.84. The van der Waals surface area contributed by atoms with Gasteiger partial charge in [0.25, 0.3) is 0 Å². The molecule has 6 rings (SSSR count). The number of benzene rings is 1. The van der Waals surface area contributed by atoms with E-state index in [1.807, 2.05) is 36.5 Å². The summed E-state index contributed by atoms with van der Waals surface area (Å²) in [6.45, 7) is 9.90. The maximum Gasteiger partial charge on any atom is 0.161 e. The van der Waals surface area contributed by atoms with Gasteiger partial charge in [-0.1, -0.05) is 18.7 Å². The zero-order chi connectivity index (χ0) is 30.2. The zero-order valence-electron chi connectivity index (χ0n) is 24.8. The van der Waals surface area contributed by atoms with E-state index in [-0.39, 0.29) is 0 Å².